The fraction of sp³-hybridized carbons (Fsp3) is 0.188. The molecule has 0 radical (unpaired) electrons. The SMILES string of the molecule is C=CCSc1nc2c(c(=O)[nH]1)[C@H](c1cccc(Cl)c1)CC(=O)N2. The van der Waals surface area contributed by atoms with Gasteiger partial charge in [0.1, 0.15) is 5.82 Å². The number of thioether (sulfide) groups is 1. The number of halogens is 1. The molecule has 2 N–H and O–H groups in total. The lowest BCUT2D eigenvalue weighted by molar-refractivity contribution is -0.116. The van der Waals surface area contributed by atoms with Gasteiger partial charge in [0, 0.05) is 23.1 Å². The first-order valence-electron chi connectivity index (χ1n) is 7.01. The van der Waals surface area contributed by atoms with Crippen LogP contribution in [0.2, 0.25) is 5.02 Å². The van der Waals surface area contributed by atoms with Crippen LogP contribution in [0.5, 0.6) is 0 Å². The van der Waals surface area contributed by atoms with Gasteiger partial charge in [0.15, 0.2) is 5.16 Å². The monoisotopic (exact) mass is 347 g/mol. The molecule has 0 bridgehead atoms. The molecule has 0 saturated heterocycles. The maximum absolute atomic E-state index is 12.5. The molecule has 0 saturated carbocycles. The van der Waals surface area contributed by atoms with Gasteiger partial charge in [0.25, 0.3) is 5.56 Å². The average molecular weight is 348 g/mol. The molecular formula is C16H14ClN3O2S. The van der Waals surface area contributed by atoms with Crippen LogP contribution in [0, 0.1) is 0 Å². The van der Waals surface area contributed by atoms with E-state index in [4.69, 9.17) is 11.6 Å². The molecule has 1 aromatic carbocycles. The zero-order valence-corrected chi connectivity index (χ0v) is 13.7. The molecule has 23 heavy (non-hydrogen) atoms. The Morgan fingerprint density at radius 1 is 1.43 bits per heavy atom. The van der Waals surface area contributed by atoms with E-state index >= 15 is 0 Å². The zero-order valence-electron chi connectivity index (χ0n) is 12.1. The summed E-state index contributed by atoms with van der Waals surface area (Å²) in [5, 5.41) is 3.72. The normalized spacial score (nSPS) is 16.6. The Morgan fingerprint density at radius 2 is 2.26 bits per heavy atom. The number of hydrogen-bond donors (Lipinski definition) is 2. The summed E-state index contributed by atoms with van der Waals surface area (Å²) in [4.78, 5) is 31.6. The summed E-state index contributed by atoms with van der Waals surface area (Å²) >= 11 is 7.39. The summed E-state index contributed by atoms with van der Waals surface area (Å²) in [7, 11) is 0. The Hall–Kier alpha value is -2.05. The van der Waals surface area contributed by atoms with E-state index in [0.29, 0.717) is 27.3 Å². The number of rotatable bonds is 4. The number of amides is 1. The second-order valence-corrected chi connectivity index (χ2v) is 6.54. The number of benzene rings is 1. The summed E-state index contributed by atoms with van der Waals surface area (Å²) in [5.41, 5.74) is 1.05. The first-order chi connectivity index (χ1) is 11.1. The number of fused-ring (bicyclic) bond motifs is 1. The van der Waals surface area contributed by atoms with Crippen LogP contribution in [-0.4, -0.2) is 21.6 Å². The number of anilines is 1. The van der Waals surface area contributed by atoms with Crippen LogP contribution in [0.25, 0.3) is 0 Å². The van der Waals surface area contributed by atoms with Gasteiger partial charge in [-0.2, -0.15) is 0 Å². The van der Waals surface area contributed by atoms with Crippen molar-refractivity contribution in [2.45, 2.75) is 17.5 Å². The van der Waals surface area contributed by atoms with Gasteiger partial charge >= 0.3 is 0 Å². The largest absolute Gasteiger partial charge is 0.310 e. The molecule has 0 spiro atoms. The van der Waals surface area contributed by atoms with Gasteiger partial charge < -0.3 is 10.3 Å². The Kier molecular flexibility index (Phi) is 4.54. The van der Waals surface area contributed by atoms with Gasteiger partial charge in [0.2, 0.25) is 5.91 Å². The molecule has 2 aromatic rings. The molecule has 3 rings (SSSR count). The van der Waals surface area contributed by atoms with E-state index in [1.165, 1.54) is 11.8 Å². The lowest BCUT2D eigenvalue weighted by Gasteiger charge is -2.24. The van der Waals surface area contributed by atoms with Gasteiger partial charge in [-0.05, 0) is 17.7 Å². The number of aromatic nitrogens is 2. The van der Waals surface area contributed by atoms with Crippen molar-refractivity contribution in [1.29, 1.82) is 0 Å². The Balaban J connectivity index is 2.08. The molecule has 118 valence electrons. The van der Waals surface area contributed by atoms with Gasteiger partial charge in [-0.25, -0.2) is 4.98 Å². The number of carbonyl (C=O) groups excluding carboxylic acids is 1. The van der Waals surface area contributed by atoms with Gasteiger partial charge in [0.05, 0.1) is 5.56 Å². The number of aromatic amines is 1. The first kappa shape index (κ1) is 15.8. The fourth-order valence-electron chi connectivity index (χ4n) is 2.56. The molecule has 1 aliphatic rings. The highest BCUT2D eigenvalue weighted by Crippen LogP contribution is 2.35. The minimum Gasteiger partial charge on any atom is -0.310 e. The van der Waals surface area contributed by atoms with Crippen LogP contribution < -0.4 is 10.9 Å². The number of hydrogen-bond acceptors (Lipinski definition) is 4. The quantitative estimate of drug-likeness (QED) is 0.506. The molecular weight excluding hydrogens is 334 g/mol. The van der Waals surface area contributed by atoms with Crippen LogP contribution in [0.3, 0.4) is 0 Å². The second-order valence-electron chi connectivity index (χ2n) is 5.09. The van der Waals surface area contributed by atoms with Crippen molar-refractivity contribution in [3.8, 4) is 0 Å². The van der Waals surface area contributed by atoms with Crippen molar-refractivity contribution in [1.82, 2.24) is 9.97 Å². The summed E-state index contributed by atoms with van der Waals surface area (Å²) in [6, 6.07) is 7.19. The minimum absolute atomic E-state index is 0.166. The van der Waals surface area contributed by atoms with Crippen LogP contribution in [-0.2, 0) is 4.79 Å². The molecule has 0 aliphatic carbocycles. The standard InChI is InChI=1S/C16H14ClN3O2S/c1-2-6-23-16-19-14-13(15(22)20-16)11(8-12(21)18-14)9-4-3-5-10(17)7-9/h2-5,7,11H,1,6,8H2,(H2,18,19,20,21,22)/t11-/m0/s1. The van der Waals surface area contributed by atoms with Crippen molar-refractivity contribution in [2.24, 2.45) is 0 Å². The topological polar surface area (TPSA) is 74.8 Å². The third-order valence-corrected chi connectivity index (χ3v) is 4.62. The number of carbonyl (C=O) groups is 1. The van der Waals surface area contributed by atoms with Crippen molar-refractivity contribution in [3.05, 3.63) is 63.4 Å². The van der Waals surface area contributed by atoms with Crippen molar-refractivity contribution >= 4 is 35.1 Å². The van der Waals surface area contributed by atoms with Crippen LogP contribution in [0.1, 0.15) is 23.5 Å². The van der Waals surface area contributed by atoms with Crippen molar-refractivity contribution in [3.63, 3.8) is 0 Å². The molecule has 0 fully saturated rings. The predicted molar refractivity (Wildman–Crippen MR) is 92.3 cm³/mol. The fourth-order valence-corrected chi connectivity index (χ4v) is 3.36. The van der Waals surface area contributed by atoms with E-state index in [0.717, 1.165) is 5.56 Å². The number of nitrogens with zero attached hydrogens (tertiary/aromatic N) is 1. The van der Waals surface area contributed by atoms with Gasteiger partial charge in [-0.1, -0.05) is 41.6 Å². The number of nitrogens with one attached hydrogen (secondary N) is 2. The molecule has 1 aromatic heterocycles. The van der Waals surface area contributed by atoms with E-state index < -0.39 is 0 Å². The molecule has 1 atom stereocenters. The van der Waals surface area contributed by atoms with E-state index in [1.54, 1.807) is 24.3 Å². The predicted octanol–water partition coefficient (Wildman–Crippen LogP) is 3.18. The highest BCUT2D eigenvalue weighted by atomic mass is 35.5. The highest BCUT2D eigenvalue weighted by Gasteiger charge is 2.30. The zero-order chi connectivity index (χ0) is 16.4. The summed E-state index contributed by atoms with van der Waals surface area (Å²) < 4.78 is 0. The Labute approximate surface area is 142 Å². The number of H-pyrrole nitrogens is 1. The Bertz CT molecular complexity index is 834. The maximum atomic E-state index is 12.5. The molecule has 1 aliphatic heterocycles. The molecule has 7 heteroatoms. The van der Waals surface area contributed by atoms with Gasteiger partial charge in [-0.15, -0.1) is 6.58 Å². The molecule has 2 heterocycles. The maximum Gasteiger partial charge on any atom is 0.257 e. The van der Waals surface area contributed by atoms with Crippen molar-refractivity contribution < 1.29 is 4.79 Å². The van der Waals surface area contributed by atoms with Crippen LogP contribution >= 0.6 is 23.4 Å². The van der Waals surface area contributed by atoms with Crippen molar-refractivity contribution in [2.75, 3.05) is 11.1 Å². The lowest BCUT2D eigenvalue weighted by atomic mass is 9.87. The van der Waals surface area contributed by atoms with Gasteiger partial charge in [-0.3, -0.25) is 9.59 Å². The van der Waals surface area contributed by atoms with Crippen LogP contribution in [0.4, 0.5) is 5.82 Å². The molecule has 0 unspecified atom stereocenters. The summed E-state index contributed by atoms with van der Waals surface area (Å²) in [6.07, 6.45) is 1.91. The molecule has 1 amide bonds. The van der Waals surface area contributed by atoms with E-state index in [-0.39, 0.29) is 23.8 Å². The second kappa shape index (κ2) is 6.60. The third-order valence-electron chi connectivity index (χ3n) is 3.52. The summed E-state index contributed by atoms with van der Waals surface area (Å²) in [5.74, 6) is 0.418. The minimum atomic E-state index is -0.354. The smallest absolute Gasteiger partial charge is 0.257 e. The average Bonchev–Trinajstić information content (AvgIpc) is 2.51. The third kappa shape index (κ3) is 3.33. The van der Waals surface area contributed by atoms with Crippen LogP contribution in [0.15, 0.2) is 46.9 Å². The van der Waals surface area contributed by atoms with E-state index in [2.05, 4.69) is 21.9 Å². The lowest BCUT2D eigenvalue weighted by Crippen LogP contribution is -2.31. The first-order valence-corrected chi connectivity index (χ1v) is 8.38. The summed E-state index contributed by atoms with van der Waals surface area (Å²) in [6.45, 7) is 3.63. The van der Waals surface area contributed by atoms with E-state index in [9.17, 15) is 9.59 Å². The Morgan fingerprint density at radius 3 is 3.00 bits per heavy atom. The van der Waals surface area contributed by atoms with E-state index in [1.807, 2.05) is 6.07 Å². The highest BCUT2D eigenvalue weighted by molar-refractivity contribution is 7.99. The molecule has 5 nitrogen and oxygen atoms in total.